The predicted octanol–water partition coefficient (Wildman–Crippen LogP) is 4.87. The zero-order valence-corrected chi connectivity index (χ0v) is 12.4. The number of hydrogen-bond acceptors (Lipinski definition) is 2. The number of benzene rings is 1. The third kappa shape index (κ3) is 5.46. The Morgan fingerprint density at radius 2 is 1.84 bits per heavy atom. The van der Waals surface area contributed by atoms with Gasteiger partial charge in [-0.2, -0.15) is 0 Å². The molecule has 1 rings (SSSR count). The number of Topliss-reactive ketones (excluding diaryl/α,β-unsaturated/α-hetero) is 1. The van der Waals surface area contributed by atoms with Crippen LogP contribution in [0.5, 0.6) is 5.75 Å². The Kier molecular flexibility index (Phi) is 7.24. The van der Waals surface area contributed by atoms with Crippen LogP contribution in [0.1, 0.15) is 63.2 Å². The van der Waals surface area contributed by atoms with Crippen LogP contribution in [0.2, 0.25) is 0 Å². The molecule has 0 saturated carbocycles. The molecule has 0 N–H and O–H groups in total. The minimum atomic E-state index is 0.181. The maximum Gasteiger partial charge on any atom is 0.162 e. The molecule has 1 aromatic rings. The van der Waals surface area contributed by atoms with E-state index in [1.165, 1.54) is 19.3 Å². The highest BCUT2D eigenvalue weighted by Gasteiger charge is 2.07. The first-order chi connectivity index (χ1) is 9.21. The summed E-state index contributed by atoms with van der Waals surface area (Å²) >= 11 is 0. The van der Waals surface area contributed by atoms with Crippen LogP contribution in [-0.4, -0.2) is 12.4 Å². The van der Waals surface area contributed by atoms with Crippen molar-refractivity contribution in [3.8, 4) is 5.75 Å². The summed E-state index contributed by atoms with van der Waals surface area (Å²) in [6.07, 6.45) is 5.46. The molecule has 0 radical (unpaired) electrons. The quantitative estimate of drug-likeness (QED) is 0.593. The van der Waals surface area contributed by atoms with E-state index in [9.17, 15) is 4.79 Å². The van der Waals surface area contributed by atoms with Crippen molar-refractivity contribution < 1.29 is 9.53 Å². The summed E-state index contributed by atoms with van der Waals surface area (Å²) < 4.78 is 5.81. The maximum absolute atomic E-state index is 11.5. The lowest BCUT2D eigenvalue weighted by atomic mass is 10.0. The van der Waals surface area contributed by atoms with Crippen LogP contribution in [0.25, 0.3) is 0 Å². The Morgan fingerprint density at radius 1 is 1.16 bits per heavy atom. The molecule has 2 heteroatoms. The highest BCUT2D eigenvalue weighted by atomic mass is 16.5. The number of ketones is 1. The number of carbonyl (C=O) groups excluding carboxylic acids is 1. The van der Waals surface area contributed by atoms with Gasteiger partial charge in [-0.25, -0.2) is 0 Å². The molecule has 1 unspecified atom stereocenters. The average molecular weight is 262 g/mol. The van der Waals surface area contributed by atoms with Crippen LogP contribution in [-0.2, 0) is 0 Å². The van der Waals surface area contributed by atoms with Crippen molar-refractivity contribution in [1.82, 2.24) is 0 Å². The molecular formula is C17H26O2. The van der Waals surface area contributed by atoms with Crippen molar-refractivity contribution in [2.75, 3.05) is 6.61 Å². The largest absolute Gasteiger partial charge is 0.493 e. The van der Waals surface area contributed by atoms with Gasteiger partial charge in [-0.1, -0.05) is 40.0 Å². The van der Waals surface area contributed by atoms with Crippen molar-refractivity contribution in [3.05, 3.63) is 29.8 Å². The van der Waals surface area contributed by atoms with Gasteiger partial charge < -0.3 is 4.74 Å². The molecule has 19 heavy (non-hydrogen) atoms. The number of hydrogen-bond donors (Lipinski definition) is 0. The van der Waals surface area contributed by atoms with E-state index in [2.05, 4.69) is 13.8 Å². The topological polar surface area (TPSA) is 26.3 Å². The number of unbranched alkanes of at least 4 members (excludes halogenated alkanes) is 1. The van der Waals surface area contributed by atoms with E-state index in [4.69, 9.17) is 4.74 Å². The summed E-state index contributed by atoms with van der Waals surface area (Å²) in [6.45, 7) is 7.09. The summed E-state index contributed by atoms with van der Waals surface area (Å²) in [5.74, 6) is 1.68. The van der Waals surface area contributed by atoms with Gasteiger partial charge in [-0.05, 0) is 36.6 Å². The van der Waals surface area contributed by atoms with Crippen molar-refractivity contribution in [2.24, 2.45) is 5.92 Å². The van der Waals surface area contributed by atoms with Crippen LogP contribution in [0, 0.1) is 5.92 Å². The Balaban J connectivity index is 2.46. The van der Waals surface area contributed by atoms with E-state index in [1.54, 1.807) is 0 Å². The van der Waals surface area contributed by atoms with Crippen molar-refractivity contribution in [2.45, 2.75) is 52.9 Å². The second-order valence-corrected chi connectivity index (χ2v) is 5.03. The molecular weight excluding hydrogens is 236 g/mol. The Bertz CT molecular complexity index is 367. The molecule has 0 aliphatic heterocycles. The fourth-order valence-corrected chi connectivity index (χ4v) is 2.05. The highest BCUT2D eigenvalue weighted by Crippen LogP contribution is 2.17. The molecule has 0 amide bonds. The fourth-order valence-electron chi connectivity index (χ4n) is 2.05. The van der Waals surface area contributed by atoms with E-state index < -0.39 is 0 Å². The second-order valence-electron chi connectivity index (χ2n) is 5.03. The Morgan fingerprint density at radius 3 is 2.37 bits per heavy atom. The van der Waals surface area contributed by atoms with Gasteiger partial charge in [-0.15, -0.1) is 0 Å². The first-order valence-corrected chi connectivity index (χ1v) is 7.47. The van der Waals surface area contributed by atoms with E-state index in [0.717, 1.165) is 24.3 Å². The molecule has 1 atom stereocenters. The molecule has 106 valence electrons. The van der Waals surface area contributed by atoms with Gasteiger partial charge in [0.2, 0.25) is 0 Å². The van der Waals surface area contributed by atoms with Gasteiger partial charge in [-0.3, -0.25) is 4.79 Å². The van der Waals surface area contributed by atoms with Gasteiger partial charge in [0.1, 0.15) is 5.75 Å². The van der Waals surface area contributed by atoms with Gasteiger partial charge in [0.25, 0.3) is 0 Å². The van der Waals surface area contributed by atoms with Crippen molar-refractivity contribution in [1.29, 1.82) is 0 Å². The number of rotatable bonds is 9. The summed E-state index contributed by atoms with van der Waals surface area (Å²) in [5.41, 5.74) is 0.771. The predicted molar refractivity (Wildman–Crippen MR) is 79.9 cm³/mol. The molecule has 1 aromatic carbocycles. The van der Waals surface area contributed by atoms with Gasteiger partial charge in [0.15, 0.2) is 5.78 Å². The van der Waals surface area contributed by atoms with Crippen LogP contribution in [0.4, 0.5) is 0 Å². The molecule has 0 spiro atoms. The van der Waals surface area contributed by atoms with Crippen molar-refractivity contribution in [3.63, 3.8) is 0 Å². The lowest BCUT2D eigenvalue weighted by Crippen LogP contribution is -2.11. The molecule has 0 heterocycles. The standard InChI is InChI=1S/C17H26O2/c1-4-7-8-14(5-2)13-19-16-11-9-15(10-12-16)17(18)6-3/h9-12,14H,4-8,13H2,1-3H3. The summed E-state index contributed by atoms with van der Waals surface area (Å²) in [6, 6.07) is 7.51. The molecule has 0 fully saturated rings. The molecule has 0 aromatic heterocycles. The molecule has 0 aliphatic rings. The Labute approximate surface area is 117 Å². The smallest absolute Gasteiger partial charge is 0.162 e. The van der Waals surface area contributed by atoms with Crippen molar-refractivity contribution >= 4 is 5.78 Å². The van der Waals surface area contributed by atoms with E-state index in [1.807, 2.05) is 31.2 Å². The lowest BCUT2D eigenvalue weighted by Gasteiger charge is -2.15. The Hall–Kier alpha value is -1.31. The van der Waals surface area contributed by atoms with Gasteiger partial charge in [0.05, 0.1) is 6.61 Å². The number of ether oxygens (including phenoxy) is 1. The fraction of sp³-hybridized carbons (Fsp3) is 0.588. The molecule has 0 saturated heterocycles. The zero-order valence-electron chi connectivity index (χ0n) is 12.4. The monoisotopic (exact) mass is 262 g/mol. The van der Waals surface area contributed by atoms with Crippen LogP contribution < -0.4 is 4.74 Å². The van der Waals surface area contributed by atoms with Crippen LogP contribution in [0.3, 0.4) is 0 Å². The summed E-state index contributed by atoms with van der Waals surface area (Å²) in [5, 5.41) is 0. The third-order valence-corrected chi connectivity index (χ3v) is 3.53. The third-order valence-electron chi connectivity index (χ3n) is 3.53. The summed E-state index contributed by atoms with van der Waals surface area (Å²) in [7, 11) is 0. The first kappa shape index (κ1) is 15.7. The van der Waals surface area contributed by atoms with Gasteiger partial charge in [0, 0.05) is 12.0 Å². The van der Waals surface area contributed by atoms with E-state index in [0.29, 0.717) is 12.3 Å². The van der Waals surface area contributed by atoms with Crippen LogP contribution >= 0.6 is 0 Å². The number of carbonyl (C=O) groups is 1. The maximum atomic E-state index is 11.5. The first-order valence-electron chi connectivity index (χ1n) is 7.47. The minimum Gasteiger partial charge on any atom is -0.493 e. The normalized spacial score (nSPS) is 12.2. The zero-order chi connectivity index (χ0) is 14.1. The minimum absolute atomic E-state index is 0.181. The molecule has 0 bridgehead atoms. The van der Waals surface area contributed by atoms with E-state index >= 15 is 0 Å². The average Bonchev–Trinajstić information content (AvgIpc) is 2.47. The van der Waals surface area contributed by atoms with E-state index in [-0.39, 0.29) is 5.78 Å². The highest BCUT2D eigenvalue weighted by molar-refractivity contribution is 5.95. The van der Waals surface area contributed by atoms with Crippen LogP contribution in [0.15, 0.2) is 24.3 Å². The SMILES string of the molecule is CCCCC(CC)COc1ccc(C(=O)CC)cc1. The lowest BCUT2D eigenvalue weighted by molar-refractivity contribution is 0.0988. The summed E-state index contributed by atoms with van der Waals surface area (Å²) in [4.78, 5) is 11.5. The van der Waals surface area contributed by atoms with Gasteiger partial charge >= 0.3 is 0 Å². The molecule has 0 aliphatic carbocycles. The second kappa shape index (κ2) is 8.73. The molecule has 2 nitrogen and oxygen atoms in total.